The molecule has 1 aromatic carbocycles. The standard InChI is InChI=1S/C25H30ClN3O4/c1-4-28(5-2)13-8-14-29-22(18-9-7-12-27-16-18)21(24(31)25(29)32)23(30)17-10-11-20(33-6-3)19(26)15-17/h7,9-12,15-16,22,30H,4-6,8,13-14H2,1-3H3/t22-/m1/s1. The van der Waals surface area contributed by atoms with Gasteiger partial charge in [0.2, 0.25) is 0 Å². The number of pyridine rings is 1. The Morgan fingerprint density at radius 2 is 1.97 bits per heavy atom. The first-order valence-electron chi connectivity index (χ1n) is 11.3. The van der Waals surface area contributed by atoms with Crippen molar-refractivity contribution >= 4 is 29.1 Å². The van der Waals surface area contributed by atoms with Gasteiger partial charge in [0.15, 0.2) is 0 Å². The Balaban J connectivity index is 2.01. The molecule has 1 saturated heterocycles. The van der Waals surface area contributed by atoms with Crippen LogP contribution in [0.4, 0.5) is 0 Å². The van der Waals surface area contributed by atoms with Crippen LogP contribution in [0, 0.1) is 0 Å². The fourth-order valence-corrected chi connectivity index (χ4v) is 4.31. The van der Waals surface area contributed by atoms with Crippen molar-refractivity contribution in [1.82, 2.24) is 14.8 Å². The zero-order valence-electron chi connectivity index (χ0n) is 19.3. The molecule has 1 aliphatic heterocycles. The van der Waals surface area contributed by atoms with Gasteiger partial charge in [0.25, 0.3) is 11.7 Å². The predicted molar refractivity (Wildman–Crippen MR) is 128 cm³/mol. The molecule has 0 bridgehead atoms. The van der Waals surface area contributed by atoms with E-state index < -0.39 is 17.7 Å². The summed E-state index contributed by atoms with van der Waals surface area (Å²) in [4.78, 5) is 34.0. The second-order valence-electron chi connectivity index (χ2n) is 7.74. The number of aliphatic hydroxyl groups excluding tert-OH is 1. The number of ether oxygens (including phenoxy) is 1. The molecule has 0 spiro atoms. The number of rotatable bonds is 10. The van der Waals surface area contributed by atoms with Gasteiger partial charge in [0.1, 0.15) is 11.5 Å². The minimum Gasteiger partial charge on any atom is -0.507 e. The molecule has 1 aromatic heterocycles. The van der Waals surface area contributed by atoms with Gasteiger partial charge in [-0.1, -0.05) is 31.5 Å². The Bertz CT molecular complexity index is 1020. The van der Waals surface area contributed by atoms with Crippen molar-refractivity contribution in [1.29, 1.82) is 0 Å². The molecule has 176 valence electrons. The lowest BCUT2D eigenvalue weighted by atomic mass is 9.96. The average Bonchev–Trinajstić information content (AvgIpc) is 3.08. The monoisotopic (exact) mass is 471 g/mol. The summed E-state index contributed by atoms with van der Waals surface area (Å²) in [6.07, 6.45) is 3.95. The molecule has 0 radical (unpaired) electrons. The van der Waals surface area contributed by atoms with E-state index in [9.17, 15) is 14.7 Å². The second kappa shape index (κ2) is 11.3. The first-order valence-corrected chi connectivity index (χ1v) is 11.6. The zero-order chi connectivity index (χ0) is 24.0. The quantitative estimate of drug-likeness (QED) is 0.316. The lowest BCUT2D eigenvalue weighted by Crippen LogP contribution is -2.33. The predicted octanol–water partition coefficient (Wildman–Crippen LogP) is 4.29. The summed E-state index contributed by atoms with van der Waals surface area (Å²) in [6.45, 7) is 9.51. The minimum absolute atomic E-state index is 0.0380. The van der Waals surface area contributed by atoms with Gasteiger partial charge in [-0.05, 0) is 62.8 Å². The van der Waals surface area contributed by atoms with E-state index in [1.54, 1.807) is 36.7 Å². The van der Waals surface area contributed by atoms with Crippen LogP contribution in [0.2, 0.25) is 5.02 Å². The molecule has 0 unspecified atom stereocenters. The molecule has 3 rings (SSSR count). The minimum atomic E-state index is -0.722. The molecule has 1 atom stereocenters. The average molecular weight is 472 g/mol. The van der Waals surface area contributed by atoms with E-state index in [-0.39, 0.29) is 11.3 Å². The van der Waals surface area contributed by atoms with Gasteiger partial charge < -0.3 is 19.6 Å². The van der Waals surface area contributed by atoms with Crippen LogP contribution in [0.5, 0.6) is 5.75 Å². The smallest absolute Gasteiger partial charge is 0.295 e. The first-order chi connectivity index (χ1) is 15.9. The fourth-order valence-electron chi connectivity index (χ4n) is 4.08. The van der Waals surface area contributed by atoms with Gasteiger partial charge >= 0.3 is 0 Å². The van der Waals surface area contributed by atoms with E-state index in [4.69, 9.17) is 16.3 Å². The van der Waals surface area contributed by atoms with E-state index >= 15 is 0 Å². The highest BCUT2D eigenvalue weighted by Gasteiger charge is 2.45. The highest BCUT2D eigenvalue weighted by atomic mass is 35.5. The van der Waals surface area contributed by atoms with Gasteiger partial charge in [-0.15, -0.1) is 0 Å². The second-order valence-corrected chi connectivity index (χ2v) is 8.14. The first kappa shape index (κ1) is 24.7. The topological polar surface area (TPSA) is 83.0 Å². The van der Waals surface area contributed by atoms with Crippen molar-refractivity contribution in [3.05, 3.63) is 64.4 Å². The van der Waals surface area contributed by atoms with E-state index in [2.05, 4.69) is 23.7 Å². The van der Waals surface area contributed by atoms with Crippen LogP contribution in [0.3, 0.4) is 0 Å². The Hall–Kier alpha value is -2.90. The number of hydrogen-bond donors (Lipinski definition) is 1. The molecule has 1 N–H and O–H groups in total. The SMILES string of the molecule is CCOc1ccc(C(O)=C2C(=O)C(=O)N(CCCN(CC)CC)[C@@H]2c2cccnc2)cc1Cl. The van der Waals surface area contributed by atoms with Crippen LogP contribution in [-0.4, -0.2) is 64.4 Å². The third-order valence-corrected chi connectivity index (χ3v) is 6.11. The number of aromatic nitrogens is 1. The third kappa shape index (κ3) is 5.37. The van der Waals surface area contributed by atoms with Crippen LogP contribution in [0.1, 0.15) is 44.4 Å². The van der Waals surface area contributed by atoms with Crippen molar-refractivity contribution in [3.8, 4) is 5.75 Å². The van der Waals surface area contributed by atoms with Crippen molar-refractivity contribution in [2.45, 2.75) is 33.2 Å². The van der Waals surface area contributed by atoms with Crippen LogP contribution in [0.15, 0.2) is 48.3 Å². The molecule has 1 aliphatic rings. The summed E-state index contributed by atoms with van der Waals surface area (Å²) in [6, 6.07) is 7.63. The van der Waals surface area contributed by atoms with Crippen molar-refractivity contribution < 1.29 is 19.4 Å². The highest BCUT2D eigenvalue weighted by molar-refractivity contribution is 6.46. The Labute approximate surface area is 199 Å². The summed E-state index contributed by atoms with van der Waals surface area (Å²) in [5, 5.41) is 11.5. The van der Waals surface area contributed by atoms with Crippen LogP contribution < -0.4 is 4.74 Å². The maximum absolute atomic E-state index is 13.1. The summed E-state index contributed by atoms with van der Waals surface area (Å²) in [5.41, 5.74) is 1.05. The number of ketones is 1. The van der Waals surface area contributed by atoms with Gasteiger partial charge in [0.05, 0.1) is 23.2 Å². The summed E-state index contributed by atoms with van der Waals surface area (Å²) in [5.74, 6) is -1.12. The maximum atomic E-state index is 13.1. The van der Waals surface area contributed by atoms with Gasteiger partial charge in [-0.2, -0.15) is 0 Å². The van der Waals surface area contributed by atoms with E-state index in [1.165, 1.54) is 11.0 Å². The van der Waals surface area contributed by atoms with Crippen molar-refractivity contribution in [3.63, 3.8) is 0 Å². The van der Waals surface area contributed by atoms with Crippen molar-refractivity contribution in [2.24, 2.45) is 0 Å². The van der Waals surface area contributed by atoms with Crippen LogP contribution in [0.25, 0.3) is 5.76 Å². The molecule has 8 heteroatoms. The van der Waals surface area contributed by atoms with Crippen molar-refractivity contribution in [2.75, 3.05) is 32.8 Å². The molecule has 0 aliphatic carbocycles. The number of nitrogens with zero attached hydrogens (tertiary/aromatic N) is 3. The normalized spacial score (nSPS) is 17.7. The fraction of sp³-hybridized carbons (Fsp3) is 0.400. The van der Waals surface area contributed by atoms with E-state index in [1.807, 2.05) is 6.92 Å². The summed E-state index contributed by atoms with van der Waals surface area (Å²) >= 11 is 6.30. The number of amides is 1. The molecule has 33 heavy (non-hydrogen) atoms. The molecular formula is C25H30ClN3O4. The van der Waals surface area contributed by atoms with E-state index in [0.717, 1.165) is 19.6 Å². The Morgan fingerprint density at radius 1 is 1.21 bits per heavy atom. The number of benzene rings is 1. The van der Waals surface area contributed by atoms with Gasteiger partial charge in [-0.25, -0.2) is 0 Å². The molecule has 0 saturated carbocycles. The number of aliphatic hydroxyl groups is 1. The zero-order valence-corrected chi connectivity index (χ0v) is 20.0. The molecular weight excluding hydrogens is 442 g/mol. The molecule has 7 nitrogen and oxygen atoms in total. The van der Waals surface area contributed by atoms with Gasteiger partial charge in [-0.3, -0.25) is 14.6 Å². The maximum Gasteiger partial charge on any atom is 0.295 e. The third-order valence-electron chi connectivity index (χ3n) is 5.81. The number of halogens is 1. The molecule has 2 heterocycles. The number of carbonyl (C=O) groups excluding carboxylic acids is 2. The van der Waals surface area contributed by atoms with E-state index in [0.29, 0.717) is 41.5 Å². The van der Waals surface area contributed by atoms with Gasteiger partial charge in [0, 0.05) is 24.5 Å². The highest BCUT2D eigenvalue weighted by Crippen LogP contribution is 2.40. The number of hydrogen-bond acceptors (Lipinski definition) is 6. The summed E-state index contributed by atoms with van der Waals surface area (Å²) < 4.78 is 5.45. The number of likely N-dealkylation sites (tertiary alicyclic amines) is 1. The number of carbonyl (C=O) groups is 2. The number of Topliss-reactive ketones (excluding diaryl/α,β-unsaturated/α-hetero) is 1. The summed E-state index contributed by atoms with van der Waals surface area (Å²) in [7, 11) is 0. The lowest BCUT2D eigenvalue weighted by molar-refractivity contribution is -0.140. The Morgan fingerprint density at radius 3 is 2.58 bits per heavy atom. The van der Waals surface area contributed by atoms with Crippen LogP contribution in [-0.2, 0) is 9.59 Å². The molecule has 1 fully saturated rings. The molecule has 1 amide bonds. The Kier molecular flexibility index (Phi) is 8.47. The molecule has 2 aromatic rings. The largest absolute Gasteiger partial charge is 0.507 e. The van der Waals surface area contributed by atoms with Crippen LogP contribution >= 0.6 is 11.6 Å². The lowest BCUT2D eigenvalue weighted by Gasteiger charge is -2.26.